The molecule has 0 radical (unpaired) electrons. The Balaban J connectivity index is 2.11. The molecule has 1 aromatic heterocycles. The van der Waals surface area contributed by atoms with Gasteiger partial charge in [0.25, 0.3) is 0 Å². The van der Waals surface area contributed by atoms with Crippen LogP contribution in [0.4, 0.5) is 0 Å². The lowest BCUT2D eigenvalue weighted by Crippen LogP contribution is -1.81. The number of thiophene rings is 1. The van der Waals surface area contributed by atoms with Gasteiger partial charge in [-0.3, -0.25) is 0 Å². The third-order valence-electron chi connectivity index (χ3n) is 2.13. The van der Waals surface area contributed by atoms with Gasteiger partial charge < -0.3 is 4.74 Å². The summed E-state index contributed by atoms with van der Waals surface area (Å²) in [5.74, 6) is 0.891. The van der Waals surface area contributed by atoms with E-state index in [1.807, 2.05) is 24.3 Å². The van der Waals surface area contributed by atoms with Crippen LogP contribution in [-0.4, -0.2) is 7.11 Å². The summed E-state index contributed by atoms with van der Waals surface area (Å²) in [5, 5.41) is 4.20. The number of rotatable bonds is 3. The maximum atomic E-state index is 5.10. The van der Waals surface area contributed by atoms with Gasteiger partial charge in [0, 0.05) is 0 Å². The molecule has 0 aliphatic rings. The van der Waals surface area contributed by atoms with Gasteiger partial charge in [-0.25, -0.2) is 0 Å². The first-order valence-electron chi connectivity index (χ1n) is 4.73. The largest absolute Gasteiger partial charge is 0.497 e. The van der Waals surface area contributed by atoms with Crippen LogP contribution in [0, 0.1) is 0 Å². The fourth-order valence-corrected chi connectivity index (χ4v) is 1.91. The smallest absolute Gasteiger partial charge is 0.118 e. The number of ether oxygens (including phenoxy) is 1. The van der Waals surface area contributed by atoms with Crippen molar-refractivity contribution in [2.75, 3.05) is 7.11 Å². The van der Waals surface area contributed by atoms with Crippen LogP contribution in [0.3, 0.4) is 0 Å². The minimum absolute atomic E-state index is 0.891. The molecule has 0 saturated carbocycles. The number of hydrogen-bond donors (Lipinski definition) is 0. The van der Waals surface area contributed by atoms with E-state index in [9.17, 15) is 0 Å². The molecule has 1 heterocycles. The van der Waals surface area contributed by atoms with Crippen molar-refractivity contribution in [3.05, 3.63) is 52.2 Å². The summed E-state index contributed by atoms with van der Waals surface area (Å²) in [4.78, 5) is 0. The molecule has 0 spiro atoms. The molecule has 1 aromatic carbocycles. The first-order valence-corrected chi connectivity index (χ1v) is 5.67. The van der Waals surface area contributed by atoms with Crippen molar-refractivity contribution in [2.45, 2.75) is 0 Å². The van der Waals surface area contributed by atoms with Crippen molar-refractivity contribution in [2.24, 2.45) is 0 Å². The molecule has 0 amide bonds. The van der Waals surface area contributed by atoms with Gasteiger partial charge in [-0.2, -0.15) is 11.3 Å². The summed E-state index contributed by atoms with van der Waals surface area (Å²) in [5.41, 5.74) is 2.43. The lowest BCUT2D eigenvalue weighted by atomic mass is 10.2. The molecule has 0 unspecified atom stereocenters. The molecule has 2 aromatic rings. The fourth-order valence-electron chi connectivity index (χ4n) is 1.28. The minimum Gasteiger partial charge on any atom is -0.497 e. The van der Waals surface area contributed by atoms with Crippen LogP contribution < -0.4 is 4.74 Å². The predicted molar refractivity (Wildman–Crippen MR) is 66.2 cm³/mol. The van der Waals surface area contributed by atoms with Crippen LogP contribution in [-0.2, 0) is 0 Å². The Hall–Kier alpha value is -1.54. The van der Waals surface area contributed by atoms with E-state index in [0.717, 1.165) is 5.75 Å². The van der Waals surface area contributed by atoms with Crippen molar-refractivity contribution < 1.29 is 4.74 Å². The van der Waals surface area contributed by atoms with Gasteiger partial charge in [-0.05, 0) is 40.1 Å². The minimum atomic E-state index is 0.891. The van der Waals surface area contributed by atoms with Crippen molar-refractivity contribution in [3.8, 4) is 5.75 Å². The predicted octanol–water partition coefficient (Wildman–Crippen LogP) is 3.93. The summed E-state index contributed by atoms with van der Waals surface area (Å²) >= 11 is 1.71. The van der Waals surface area contributed by atoms with Gasteiger partial charge in [-0.15, -0.1) is 0 Å². The summed E-state index contributed by atoms with van der Waals surface area (Å²) < 4.78 is 5.10. The quantitative estimate of drug-likeness (QED) is 0.755. The number of benzene rings is 1. The molecule has 15 heavy (non-hydrogen) atoms. The zero-order chi connectivity index (χ0) is 10.5. The van der Waals surface area contributed by atoms with Crippen molar-refractivity contribution in [3.63, 3.8) is 0 Å². The normalized spacial score (nSPS) is 10.7. The van der Waals surface area contributed by atoms with E-state index in [2.05, 4.69) is 29.0 Å². The summed E-state index contributed by atoms with van der Waals surface area (Å²) in [7, 11) is 1.68. The lowest BCUT2D eigenvalue weighted by Gasteiger charge is -1.98. The van der Waals surface area contributed by atoms with E-state index in [0.29, 0.717) is 0 Å². The van der Waals surface area contributed by atoms with E-state index >= 15 is 0 Å². The molecule has 0 bridgehead atoms. The molecule has 76 valence electrons. The second-order valence-corrected chi connectivity index (χ2v) is 3.94. The molecule has 2 heteroatoms. The van der Waals surface area contributed by atoms with Gasteiger partial charge in [0.05, 0.1) is 7.11 Å². The first-order chi connectivity index (χ1) is 7.38. The number of methoxy groups -OCH3 is 1. The van der Waals surface area contributed by atoms with E-state index in [4.69, 9.17) is 4.74 Å². The van der Waals surface area contributed by atoms with Crippen LogP contribution in [0.25, 0.3) is 12.2 Å². The Morgan fingerprint density at radius 3 is 2.33 bits per heavy atom. The molecule has 2 rings (SSSR count). The SMILES string of the molecule is COc1ccc(/C=C\c2ccsc2)cc1. The van der Waals surface area contributed by atoms with E-state index < -0.39 is 0 Å². The van der Waals surface area contributed by atoms with Crippen LogP contribution >= 0.6 is 11.3 Å². The third kappa shape index (κ3) is 2.70. The molecule has 1 nitrogen and oxygen atoms in total. The van der Waals surface area contributed by atoms with Crippen LogP contribution in [0.5, 0.6) is 5.75 Å². The monoisotopic (exact) mass is 216 g/mol. The highest BCUT2D eigenvalue weighted by Gasteiger charge is 1.90. The Morgan fingerprint density at radius 1 is 1.00 bits per heavy atom. The third-order valence-corrected chi connectivity index (χ3v) is 2.83. The highest BCUT2D eigenvalue weighted by molar-refractivity contribution is 7.08. The van der Waals surface area contributed by atoms with Crippen LogP contribution in [0.2, 0.25) is 0 Å². The standard InChI is InChI=1S/C13H12OS/c1-14-13-6-4-11(5-7-13)2-3-12-8-9-15-10-12/h2-10H,1H3/b3-2-. The van der Waals surface area contributed by atoms with Gasteiger partial charge in [-0.1, -0.05) is 24.3 Å². The van der Waals surface area contributed by atoms with Crippen LogP contribution in [0.1, 0.15) is 11.1 Å². The Morgan fingerprint density at radius 2 is 1.73 bits per heavy atom. The van der Waals surface area contributed by atoms with E-state index in [1.54, 1.807) is 18.4 Å². The Kier molecular flexibility index (Phi) is 3.20. The Bertz CT molecular complexity index is 426. The number of hydrogen-bond acceptors (Lipinski definition) is 2. The molecular weight excluding hydrogens is 204 g/mol. The molecule has 0 aliphatic heterocycles. The molecule has 0 N–H and O–H groups in total. The summed E-state index contributed by atoms with van der Waals surface area (Å²) in [6, 6.07) is 10.1. The maximum absolute atomic E-state index is 5.10. The second-order valence-electron chi connectivity index (χ2n) is 3.16. The van der Waals surface area contributed by atoms with Gasteiger partial charge in [0.15, 0.2) is 0 Å². The average molecular weight is 216 g/mol. The maximum Gasteiger partial charge on any atom is 0.118 e. The highest BCUT2D eigenvalue weighted by Crippen LogP contribution is 2.14. The zero-order valence-corrected chi connectivity index (χ0v) is 9.33. The fraction of sp³-hybridized carbons (Fsp3) is 0.0769. The first kappa shape index (κ1) is 9.99. The van der Waals surface area contributed by atoms with Crippen molar-refractivity contribution >= 4 is 23.5 Å². The average Bonchev–Trinajstić information content (AvgIpc) is 2.80. The zero-order valence-electron chi connectivity index (χ0n) is 8.51. The topological polar surface area (TPSA) is 9.23 Å². The van der Waals surface area contributed by atoms with E-state index in [1.165, 1.54) is 11.1 Å². The molecule has 0 atom stereocenters. The Labute approximate surface area is 93.6 Å². The van der Waals surface area contributed by atoms with Gasteiger partial charge >= 0.3 is 0 Å². The molecule has 0 saturated heterocycles. The molecule has 0 aliphatic carbocycles. The second kappa shape index (κ2) is 4.80. The molecule has 0 fully saturated rings. The van der Waals surface area contributed by atoms with E-state index in [-0.39, 0.29) is 0 Å². The summed E-state index contributed by atoms with van der Waals surface area (Å²) in [6.45, 7) is 0. The molecular formula is C13H12OS. The van der Waals surface area contributed by atoms with Crippen LogP contribution in [0.15, 0.2) is 41.1 Å². The van der Waals surface area contributed by atoms with Crippen molar-refractivity contribution in [1.82, 2.24) is 0 Å². The lowest BCUT2D eigenvalue weighted by molar-refractivity contribution is 0.415. The van der Waals surface area contributed by atoms with Crippen molar-refractivity contribution in [1.29, 1.82) is 0 Å². The highest BCUT2D eigenvalue weighted by atomic mass is 32.1. The van der Waals surface area contributed by atoms with Gasteiger partial charge in [0.1, 0.15) is 5.75 Å². The summed E-state index contributed by atoms with van der Waals surface area (Å²) in [6.07, 6.45) is 4.21. The van der Waals surface area contributed by atoms with Gasteiger partial charge in [0.2, 0.25) is 0 Å².